The summed E-state index contributed by atoms with van der Waals surface area (Å²) in [5.41, 5.74) is 5.42. The first-order valence-corrected chi connectivity index (χ1v) is 9.30. The zero-order chi connectivity index (χ0) is 20.5. The largest absolute Gasteiger partial charge is 0.493 e. The molecule has 0 saturated carbocycles. The summed E-state index contributed by atoms with van der Waals surface area (Å²) >= 11 is 0. The van der Waals surface area contributed by atoms with E-state index in [0.717, 1.165) is 22.4 Å². The molecule has 0 aliphatic rings. The van der Waals surface area contributed by atoms with E-state index in [-0.39, 0.29) is 12.5 Å². The Balaban J connectivity index is 1.94. The number of carbonyl (C=O) groups excluding carboxylic acids is 1. The lowest BCUT2D eigenvalue weighted by Crippen LogP contribution is -2.25. The van der Waals surface area contributed by atoms with Crippen molar-refractivity contribution < 1.29 is 19.0 Å². The third kappa shape index (κ3) is 6.01. The van der Waals surface area contributed by atoms with E-state index in [1.165, 1.54) is 0 Å². The van der Waals surface area contributed by atoms with Crippen LogP contribution in [0.3, 0.4) is 0 Å². The van der Waals surface area contributed by atoms with Gasteiger partial charge in [-0.2, -0.15) is 5.10 Å². The van der Waals surface area contributed by atoms with Crippen LogP contribution in [-0.4, -0.2) is 32.4 Å². The van der Waals surface area contributed by atoms with E-state index in [1.54, 1.807) is 25.5 Å². The number of benzene rings is 2. The predicted octanol–water partition coefficient (Wildman–Crippen LogP) is 4.05. The van der Waals surface area contributed by atoms with Crippen LogP contribution in [-0.2, 0) is 4.79 Å². The van der Waals surface area contributed by atoms with Crippen LogP contribution in [0.4, 0.5) is 0 Å². The molecule has 0 spiro atoms. The first-order valence-electron chi connectivity index (χ1n) is 9.30. The van der Waals surface area contributed by atoms with E-state index >= 15 is 0 Å². The summed E-state index contributed by atoms with van der Waals surface area (Å²) in [6, 6.07) is 11.4. The Labute approximate surface area is 166 Å². The fraction of sp³-hybridized carbons (Fsp3) is 0.364. The maximum atomic E-state index is 12.0. The molecule has 2 rings (SSSR count). The van der Waals surface area contributed by atoms with E-state index in [2.05, 4.69) is 24.4 Å². The normalized spacial score (nSPS) is 10.9. The van der Waals surface area contributed by atoms with Gasteiger partial charge in [-0.05, 0) is 60.7 Å². The molecule has 6 nitrogen and oxygen atoms in total. The van der Waals surface area contributed by atoms with Gasteiger partial charge in [-0.25, -0.2) is 5.43 Å². The Hall–Kier alpha value is -3.02. The average Bonchev–Trinajstić information content (AvgIpc) is 2.66. The minimum Gasteiger partial charge on any atom is -0.493 e. The first-order chi connectivity index (χ1) is 13.4. The van der Waals surface area contributed by atoms with Gasteiger partial charge in [0, 0.05) is 0 Å². The maximum absolute atomic E-state index is 12.0. The average molecular weight is 384 g/mol. The fourth-order valence-corrected chi connectivity index (χ4v) is 2.64. The molecule has 150 valence electrons. The van der Waals surface area contributed by atoms with E-state index in [1.807, 2.05) is 38.1 Å². The number of rotatable bonds is 9. The van der Waals surface area contributed by atoms with Gasteiger partial charge in [-0.1, -0.05) is 26.0 Å². The summed E-state index contributed by atoms with van der Waals surface area (Å²) in [4.78, 5) is 12.0. The topological polar surface area (TPSA) is 69.2 Å². The molecule has 0 heterocycles. The minimum absolute atomic E-state index is 0.104. The van der Waals surface area contributed by atoms with Crippen molar-refractivity contribution in [2.75, 3.05) is 20.3 Å². The molecule has 0 atom stereocenters. The van der Waals surface area contributed by atoms with Gasteiger partial charge in [0.25, 0.3) is 5.91 Å². The van der Waals surface area contributed by atoms with Crippen LogP contribution in [0.1, 0.15) is 43.4 Å². The molecule has 2 aromatic rings. The summed E-state index contributed by atoms with van der Waals surface area (Å²) < 4.78 is 16.5. The number of hydrogen-bond acceptors (Lipinski definition) is 5. The second-order valence-electron chi connectivity index (χ2n) is 6.62. The van der Waals surface area contributed by atoms with Crippen molar-refractivity contribution in [3.8, 4) is 17.2 Å². The molecule has 0 unspecified atom stereocenters. The van der Waals surface area contributed by atoms with Gasteiger partial charge < -0.3 is 14.2 Å². The number of hydrazone groups is 1. The summed E-state index contributed by atoms with van der Waals surface area (Å²) in [7, 11) is 1.59. The van der Waals surface area contributed by atoms with Crippen LogP contribution < -0.4 is 19.6 Å². The van der Waals surface area contributed by atoms with Crippen LogP contribution in [0.2, 0.25) is 0 Å². The van der Waals surface area contributed by atoms with Crippen LogP contribution in [0.15, 0.2) is 41.5 Å². The van der Waals surface area contributed by atoms with Crippen molar-refractivity contribution in [1.29, 1.82) is 0 Å². The highest BCUT2D eigenvalue weighted by Gasteiger charge is 2.10. The highest BCUT2D eigenvalue weighted by molar-refractivity contribution is 5.83. The highest BCUT2D eigenvalue weighted by Crippen LogP contribution is 2.28. The van der Waals surface area contributed by atoms with Crippen molar-refractivity contribution >= 4 is 12.1 Å². The van der Waals surface area contributed by atoms with Crippen molar-refractivity contribution in [2.45, 2.75) is 33.6 Å². The summed E-state index contributed by atoms with van der Waals surface area (Å²) in [5.74, 6) is 1.99. The van der Waals surface area contributed by atoms with Gasteiger partial charge in [0.1, 0.15) is 5.75 Å². The number of methoxy groups -OCH3 is 1. The van der Waals surface area contributed by atoms with Crippen LogP contribution in [0, 0.1) is 6.92 Å². The molecule has 28 heavy (non-hydrogen) atoms. The lowest BCUT2D eigenvalue weighted by atomic mass is 10.0. The van der Waals surface area contributed by atoms with Gasteiger partial charge in [-0.15, -0.1) is 0 Å². The van der Waals surface area contributed by atoms with Crippen LogP contribution in [0.5, 0.6) is 17.2 Å². The molecule has 0 aromatic heterocycles. The smallest absolute Gasteiger partial charge is 0.277 e. The molecule has 0 fully saturated rings. The SMILES string of the molecule is CCOc1cc(/C=N/NC(=O)COc2cc(C)ccc2C(C)C)ccc1OC. The zero-order valence-electron chi connectivity index (χ0n) is 17.1. The highest BCUT2D eigenvalue weighted by atomic mass is 16.5. The van der Waals surface area contributed by atoms with E-state index < -0.39 is 0 Å². The predicted molar refractivity (Wildman–Crippen MR) is 111 cm³/mol. The minimum atomic E-state index is -0.328. The van der Waals surface area contributed by atoms with Crippen LogP contribution >= 0.6 is 0 Å². The quantitative estimate of drug-likeness (QED) is 0.523. The second-order valence-corrected chi connectivity index (χ2v) is 6.62. The Bertz CT molecular complexity index is 831. The molecule has 0 aliphatic carbocycles. The number of nitrogens with one attached hydrogen (secondary N) is 1. The molecular weight excluding hydrogens is 356 g/mol. The molecule has 0 bridgehead atoms. The molecule has 0 aliphatic heterocycles. The van der Waals surface area contributed by atoms with Gasteiger partial charge in [0.2, 0.25) is 0 Å². The lowest BCUT2D eigenvalue weighted by molar-refractivity contribution is -0.123. The molecule has 1 amide bonds. The standard InChI is InChI=1S/C22H28N2O4/c1-6-27-21-12-17(8-10-19(21)26-5)13-23-24-22(25)14-28-20-11-16(4)7-9-18(20)15(2)3/h7-13,15H,6,14H2,1-5H3,(H,24,25)/b23-13+. The van der Waals surface area contributed by atoms with Crippen molar-refractivity contribution in [1.82, 2.24) is 5.43 Å². The number of aryl methyl sites for hydroxylation is 1. The Kier molecular flexibility index (Phi) is 7.87. The monoisotopic (exact) mass is 384 g/mol. The Morgan fingerprint density at radius 2 is 1.89 bits per heavy atom. The van der Waals surface area contributed by atoms with Crippen LogP contribution in [0.25, 0.3) is 0 Å². The molecule has 6 heteroatoms. The number of ether oxygens (including phenoxy) is 3. The maximum Gasteiger partial charge on any atom is 0.277 e. The molecular formula is C22H28N2O4. The Morgan fingerprint density at radius 3 is 2.57 bits per heavy atom. The zero-order valence-corrected chi connectivity index (χ0v) is 17.1. The summed E-state index contributed by atoms with van der Waals surface area (Å²) in [6.07, 6.45) is 1.55. The first kappa shape index (κ1) is 21.3. The molecule has 2 aromatic carbocycles. The molecule has 1 N–H and O–H groups in total. The number of hydrogen-bond donors (Lipinski definition) is 1. The Morgan fingerprint density at radius 1 is 1.11 bits per heavy atom. The lowest BCUT2D eigenvalue weighted by Gasteiger charge is -2.14. The second kappa shape index (κ2) is 10.3. The molecule has 0 saturated heterocycles. The van der Waals surface area contributed by atoms with Gasteiger partial charge in [-0.3, -0.25) is 4.79 Å². The van der Waals surface area contributed by atoms with Gasteiger partial charge >= 0.3 is 0 Å². The fourth-order valence-electron chi connectivity index (χ4n) is 2.64. The van der Waals surface area contributed by atoms with Crippen molar-refractivity contribution in [3.05, 3.63) is 53.1 Å². The van der Waals surface area contributed by atoms with Crippen molar-refractivity contribution in [3.63, 3.8) is 0 Å². The number of amides is 1. The van der Waals surface area contributed by atoms with E-state index in [0.29, 0.717) is 24.0 Å². The third-order valence-electron chi connectivity index (χ3n) is 4.04. The van der Waals surface area contributed by atoms with E-state index in [9.17, 15) is 4.79 Å². The number of carbonyl (C=O) groups is 1. The summed E-state index contributed by atoms with van der Waals surface area (Å²) in [5, 5.41) is 3.98. The van der Waals surface area contributed by atoms with Gasteiger partial charge in [0.15, 0.2) is 18.1 Å². The van der Waals surface area contributed by atoms with E-state index in [4.69, 9.17) is 14.2 Å². The van der Waals surface area contributed by atoms with Crippen molar-refractivity contribution in [2.24, 2.45) is 5.10 Å². The summed E-state index contributed by atoms with van der Waals surface area (Å²) in [6.45, 7) is 8.50. The molecule has 0 radical (unpaired) electrons. The van der Waals surface area contributed by atoms with Gasteiger partial charge in [0.05, 0.1) is 19.9 Å². The third-order valence-corrected chi connectivity index (χ3v) is 4.04. The number of nitrogens with zero attached hydrogens (tertiary/aromatic N) is 1.